The van der Waals surface area contributed by atoms with Crippen molar-refractivity contribution in [3.8, 4) is 16.9 Å². The number of ether oxygens (including phenoxy) is 1. The summed E-state index contributed by atoms with van der Waals surface area (Å²) in [6.45, 7) is 2.48. The third-order valence-corrected chi connectivity index (χ3v) is 2.91. The van der Waals surface area contributed by atoms with E-state index in [0.717, 1.165) is 23.3 Å². The molecule has 0 aliphatic heterocycles. The summed E-state index contributed by atoms with van der Waals surface area (Å²) in [5, 5.41) is 13.8. The first-order chi connectivity index (χ1) is 8.72. The number of rotatable bonds is 5. The van der Waals surface area contributed by atoms with Crippen LogP contribution in [0.2, 0.25) is 0 Å². The highest BCUT2D eigenvalue weighted by atomic mass is 16.5. The second kappa shape index (κ2) is 5.69. The summed E-state index contributed by atoms with van der Waals surface area (Å²) in [5.74, 6) is 0.828. The predicted octanol–water partition coefficient (Wildman–Crippen LogP) is 2.33. The maximum Gasteiger partial charge on any atom is 0.119 e. The van der Waals surface area contributed by atoms with Crippen LogP contribution in [-0.4, -0.2) is 28.1 Å². The van der Waals surface area contributed by atoms with Gasteiger partial charge in [0.2, 0.25) is 0 Å². The Morgan fingerprint density at radius 1 is 1.39 bits per heavy atom. The number of nitrogens with zero attached hydrogens (tertiary/aromatic N) is 2. The van der Waals surface area contributed by atoms with E-state index in [1.54, 1.807) is 18.0 Å². The first-order valence-corrected chi connectivity index (χ1v) is 6.08. The lowest BCUT2D eigenvalue weighted by Gasteiger charge is -2.06. The molecule has 0 bridgehead atoms. The maximum absolute atomic E-state index is 9.59. The standard InChI is InChI=1S/C14H18N2O2/c1-3-13(17)10-16-9-12(8-15-16)11-5-4-6-14(7-11)18-2/h4-9,13,17H,3,10H2,1-2H3. The van der Waals surface area contributed by atoms with Crippen molar-refractivity contribution < 1.29 is 9.84 Å². The molecule has 2 rings (SSSR count). The number of aliphatic hydroxyl groups is 1. The van der Waals surface area contributed by atoms with E-state index in [-0.39, 0.29) is 6.10 Å². The molecule has 1 aromatic heterocycles. The van der Waals surface area contributed by atoms with Crippen molar-refractivity contribution in [2.45, 2.75) is 26.0 Å². The lowest BCUT2D eigenvalue weighted by Crippen LogP contribution is -2.14. The van der Waals surface area contributed by atoms with Gasteiger partial charge in [0.1, 0.15) is 5.75 Å². The summed E-state index contributed by atoms with van der Waals surface area (Å²) in [4.78, 5) is 0. The minimum atomic E-state index is -0.344. The Kier molecular flexibility index (Phi) is 3.99. The highest BCUT2D eigenvalue weighted by Gasteiger charge is 2.06. The van der Waals surface area contributed by atoms with Gasteiger partial charge in [-0.25, -0.2) is 0 Å². The zero-order valence-electron chi connectivity index (χ0n) is 10.7. The van der Waals surface area contributed by atoms with Gasteiger partial charge in [0, 0.05) is 11.8 Å². The molecule has 0 amide bonds. The van der Waals surface area contributed by atoms with Crippen LogP contribution in [0.3, 0.4) is 0 Å². The SMILES string of the molecule is CCC(O)Cn1cc(-c2cccc(OC)c2)cn1. The molecule has 1 N–H and O–H groups in total. The molecular formula is C14H18N2O2. The Balaban J connectivity index is 2.18. The maximum atomic E-state index is 9.59. The average molecular weight is 246 g/mol. The van der Waals surface area contributed by atoms with E-state index in [1.807, 2.05) is 37.4 Å². The minimum absolute atomic E-state index is 0.344. The van der Waals surface area contributed by atoms with Gasteiger partial charge >= 0.3 is 0 Å². The van der Waals surface area contributed by atoms with Crippen LogP contribution in [0.15, 0.2) is 36.7 Å². The zero-order valence-corrected chi connectivity index (χ0v) is 10.7. The zero-order chi connectivity index (χ0) is 13.0. The molecule has 0 radical (unpaired) electrons. The largest absolute Gasteiger partial charge is 0.497 e. The number of methoxy groups -OCH3 is 1. The molecule has 4 nitrogen and oxygen atoms in total. The van der Waals surface area contributed by atoms with Gasteiger partial charge in [0.05, 0.1) is 26.0 Å². The molecule has 1 heterocycles. The number of benzene rings is 1. The van der Waals surface area contributed by atoms with Crippen molar-refractivity contribution in [2.75, 3.05) is 7.11 Å². The molecule has 1 aromatic carbocycles. The molecule has 18 heavy (non-hydrogen) atoms. The van der Waals surface area contributed by atoms with Gasteiger partial charge in [-0.15, -0.1) is 0 Å². The van der Waals surface area contributed by atoms with Crippen LogP contribution in [-0.2, 0) is 6.54 Å². The number of hydrogen-bond donors (Lipinski definition) is 1. The fraction of sp³-hybridized carbons (Fsp3) is 0.357. The van der Waals surface area contributed by atoms with E-state index in [2.05, 4.69) is 5.10 Å². The molecule has 4 heteroatoms. The molecule has 0 saturated heterocycles. The van der Waals surface area contributed by atoms with E-state index in [0.29, 0.717) is 6.54 Å². The highest BCUT2D eigenvalue weighted by Crippen LogP contribution is 2.23. The smallest absolute Gasteiger partial charge is 0.119 e. The highest BCUT2D eigenvalue weighted by molar-refractivity contribution is 5.63. The third kappa shape index (κ3) is 2.90. The average Bonchev–Trinajstić information content (AvgIpc) is 2.87. The number of aliphatic hydroxyl groups excluding tert-OH is 1. The van der Waals surface area contributed by atoms with Crippen LogP contribution >= 0.6 is 0 Å². The van der Waals surface area contributed by atoms with E-state index in [1.165, 1.54) is 0 Å². The summed E-state index contributed by atoms with van der Waals surface area (Å²) in [6, 6.07) is 7.85. The van der Waals surface area contributed by atoms with Gasteiger partial charge in [-0.3, -0.25) is 4.68 Å². The topological polar surface area (TPSA) is 47.3 Å². The van der Waals surface area contributed by atoms with Crippen molar-refractivity contribution in [3.63, 3.8) is 0 Å². The minimum Gasteiger partial charge on any atom is -0.497 e. The lowest BCUT2D eigenvalue weighted by atomic mass is 10.1. The Hall–Kier alpha value is -1.81. The fourth-order valence-corrected chi connectivity index (χ4v) is 1.76. The second-order valence-corrected chi connectivity index (χ2v) is 4.25. The Labute approximate surface area is 107 Å². The molecule has 1 unspecified atom stereocenters. The normalized spacial score (nSPS) is 12.4. The predicted molar refractivity (Wildman–Crippen MR) is 70.5 cm³/mol. The van der Waals surface area contributed by atoms with Crippen molar-refractivity contribution >= 4 is 0 Å². The first-order valence-electron chi connectivity index (χ1n) is 6.08. The summed E-state index contributed by atoms with van der Waals surface area (Å²) in [7, 11) is 1.65. The van der Waals surface area contributed by atoms with E-state index in [4.69, 9.17) is 4.74 Å². The van der Waals surface area contributed by atoms with Crippen LogP contribution < -0.4 is 4.74 Å². The van der Waals surface area contributed by atoms with Gasteiger partial charge in [-0.2, -0.15) is 5.10 Å². The Bertz CT molecular complexity index is 508. The van der Waals surface area contributed by atoms with Gasteiger partial charge in [-0.05, 0) is 24.1 Å². The van der Waals surface area contributed by atoms with Crippen molar-refractivity contribution in [1.82, 2.24) is 9.78 Å². The van der Waals surface area contributed by atoms with Gasteiger partial charge < -0.3 is 9.84 Å². The Morgan fingerprint density at radius 2 is 2.22 bits per heavy atom. The number of hydrogen-bond acceptors (Lipinski definition) is 3. The van der Waals surface area contributed by atoms with Crippen molar-refractivity contribution in [2.24, 2.45) is 0 Å². The van der Waals surface area contributed by atoms with Gasteiger partial charge in [0.25, 0.3) is 0 Å². The summed E-state index contributed by atoms with van der Waals surface area (Å²) >= 11 is 0. The van der Waals surface area contributed by atoms with Crippen LogP contribution in [0.25, 0.3) is 11.1 Å². The van der Waals surface area contributed by atoms with E-state index >= 15 is 0 Å². The molecule has 1 atom stereocenters. The van der Waals surface area contributed by atoms with Crippen LogP contribution in [0.1, 0.15) is 13.3 Å². The second-order valence-electron chi connectivity index (χ2n) is 4.25. The van der Waals surface area contributed by atoms with E-state index < -0.39 is 0 Å². The van der Waals surface area contributed by atoms with E-state index in [9.17, 15) is 5.11 Å². The van der Waals surface area contributed by atoms with Crippen molar-refractivity contribution in [1.29, 1.82) is 0 Å². The first kappa shape index (κ1) is 12.6. The van der Waals surface area contributed by atoms with Crippen LogP contribution in [0.5, 0.6) is 5.75 Å². The van der Waals surface area contributed by atoms with Crippen LogP contribution in [0, 0.1) is 0 Å². The monoisotopic (exact) mass is 246 g/mol. The van der Waals surface area contributed by atoms with Gasteiger partial charge in [-0.1, -0.05) is 19.1 Å². The molecule has 0 aliphatic carbocycles. The summed E-state index contributed by atoms with van der Waals surface area (Å²) < 4.78 is 6.96. The van der Waals surface area contributed by atoms with Gasteiger partial charge in [0.15, 0.2) is 0 Å². The quantitative estimate of drug-likeness (QED) is 0.880. The lowest BCUT2D eigenvalue weighted by molar-refractivity contribution is 0.145. The van der Waals surface area contributed by atoms with Crippen molar-refractivity contribution in [3.05, 3.63) is 36.7 Å². The molecule has 0 saturated carbocycles. The molecule has 96 valence electrons. The number of aromatic nitrogens is 2. The molecule has 2 aromatic rings. The Morgan fingerprint density at radius 3 is 2.94 bits per heavy atom. The van der Waals surface area contributed by atoms with Crippen LogP contribution in [0.4, 0.5) is 0 Å². The molecule has 0 fully saturated rings. The summed E-state index contributed by atoms with van der Waals surface area (Å²) in [6.07, 6.45) is 4.13. The summed E-state index contributed by atoms with van der Waals surface area (Å²) in [5.41, 5.74) is 2.09. The third-order valence-electron chi connectivity index (χ3n) is 2.91. The fourth-order valence-electron chi connectivity index (χ4n) is 1.76. The molecule has 0 spiro atoms. The molecular weight excluding hydrogens is 228 g/mol. The molecule has 0 aliphatic rings.